The van der Waals surface area contributed by atoms with Crippen molar-refractivity contribution in [3.05, 3.63) is 69.0 Å². The Kier molecular flexibility index (Phi) is 3.96. The molecule has 0 aromatic heterocycles. The molecule has 2 heterocycles. The first kappa shape index (κ1) is 17.2. The Labute approximate surface area is 153 Å². The molecule has 2 bridgehead atoms. The van der Waals surface area contributed by atoms with Gasteiger partial charge in [-0.3, -0.25) is 4.84 Å². The average Bonchev–Trinajstić information content (AvgIpc) is 2.67. The van der Waals surface area contributed by atoms with Crippen LogP contribution >= 0.6 is 0 Å². The van der Waals surface area contributed by atoms with Gasteiger partial charge in [0, 0.05) is 23.1 Å². The lowest BCUT2D eigenvalue weighted by molar-refractivity contribution is -0.383. The minimum absolute atomic E-state index is 0.155. The van der Waals surface area contributed by atoms with E-state index in [1.807, 2.05) is 0 Å². The van der Waals surface area contributed by atoms with Crippen LogP contribution in [-0.4, -0.2) is 31.1 Å². The molecule has 9 heteroatoms. The summed E-state index contributed by atoms with van der Waals surface area (Å²) in [4.78, 5) is 16.2. The van der Waals surface area contributed by atoms with Gasteiger partial charge in [-0.05, 0) is 41.3 Å². The lowest BCUT2D eigenvalue weighted by Crippen LogP contribution is -2.51. The van der Waals surface area contributed by atoms with Gasteiger partial charge in [0.15, 0.2) is 22.8 Å². The van der Waals surface area contributed by atoms with E-state index >= 15 is 0 Å². The smallest absolute Gasteiger partial charge is 0.414 e. The largest absolute Gasteiger partial charge is 0.493 e. The summed E-state index contributed by atoms with van der Waals surface area (Å²) in [6, 6.07) is 8.91. The van der Waals surface area contributed by atoms with E-state index in [1.54, 1.807) is 12.1 Å². The number of nitro groups is 1. The number of hydrogen-bond donors (Lipinski definition) is 0. The summed E-state index contributed by atoms with van der Waals surface area (Å²) < 4.78 is 30.2. The summed E-state index contributed by atoms with van der Waals surface area (Å²) in [5.74, 6) is -1.51. The number of hydrogen-bond acceptors (Lipinski definition) is 7. The van der Waals surface area contributed by atoms with Crippen molar-refractivity contribution >= 4 is 5.84 Å². The molecule has 0 unspecified atom stereocenters. The fraction of sp³-hybridized carbons (Fsp3) is 0.278. The first-order chi connectivity index (χ1) is 13.0. The Morgan fingerprint density at radius 1 is 1.22 bits per heavy atom. The Morgan fingerprint density at radius 3 is 2.59 bits per heavy atom. The van der Waals surface area contributed by atoms with Gasteiger partial charge in [0.25, 0.3) is 0 Å². The van der Waals surface area contributed by atoms with Crippen molar-refractivity contribution in [2.45, 2.75) is 18.3 Å². The van der Waals surface area contributed by atoms with Gasteiger partial charge in [-0.15, -0.1) is 0 Å². The van der Waals surface area contributed by atoms with Crippen molar-refractivity contribution < 1.29 is 28.4 Å². The first-order valence-corrected chi connectivity index (χ1v) is 8.09. The molecule has 2 aromatic carbocycles. The van der Waals surface area contributed by atoms with E-state index in [0.29, 0.717) is 28.2 Å². The highest BCUT2D eigenvalue weighted by atomic mass is 19.1. The molecule has 0 amide bonds. The number of ether oxygens (including phenoxy) is 3. The van der Waals surface area contributed by atoms with E-state index < -0.39 is 28.5 Å². The van der Waals surface area contributed by atoms with E-state index in [2.05, 4.69) is 5.16 Å². The molecular formula is C18H15FN2O6. The number of methoxy groups -OCH3 is 2. The molecule has 0 spiro atoms. The normalized spacial score (nSPS) is 22.9. The minimum atomic E-state index is -1.55. The standard InChI is InChI=1S/C18H15FN2O6/c1-24-14-8-7-13-12(16(14)25-2)9-15-17(21(22)23)20-27-18(13,26-15)10-3-5-11(19)6-4-10/h3-8,15H,9H2,1-2H3/t15-,18-/m1/s1. The molecule has 2 aliphatic heterocycles. The van der Waals surface area contributed by atoms with Gasteiger partial charge in [-0.2, -0.15) is 0 Å². The number of amidine groups is 1. The zero-order chi connectivity index (χ0) is 19.2. The van der Waals surface area contributed by atoms with E-state index in [4.69, 9.17) is 19.0 Å². The highest BCUT2D eigenvalue weighted by Gasteiger charge is 2.56. The molecule has 2 aromatic rings. The summed E-state index contributed by atoms with van der Waals surface area (Å²) in [7, 11) is 2.98. The molecule has 8 nitrogen and oxygen atoms in total. The maximum Gasteiger partial charge on any atom is 0.414 e. The predicted molar refractivity (Wildman–Crippen MR) is 90.8 cm³/mol. The van der Waals surface area contributed by atoms with Crippen LogP contribution in [0.4, 0.5) is 4.39 Å². The number of nitrogens with zero attached hydrogens (tertiary/aromatic N) is 2. The second kappa shape index (κ2) is 6.20. The maximum atomic E-state index is 13.4. The van der Waals surface area contributed by atoms with Crippen LogP contribution in [0.5, 0.6) is 11.5 Å². The van der Waals surface area contributed by atoms with Crippen molar-refractivity contribution in [3.63, 3.8) is 0 Å². The predicted octanol–water partition coefficient (Wildman–Crippen LogP) is 2.61. The van der Waals surface area contributed by atoms with Gasteiger partial charge >= 0.3 is 11.6 Å². The van der Waals surface area contributed by atoms with Crippen LogP contribution in [0.2, 0.25) is 0 Å². The Hall–Kier alpha value is -3.20. The minimum Gasteiger partial charge on any atom is -0.493 e. The second-order valence-corrected chi connectivity index (χ2v) is 6.06. The summed E-state index contributed by atoms with van der Waals surface area (Å²) in [6.45, 7) is 0. The highest BCUT2D eigenvalue weighted by Crippen LogP contribution is 2.49. The summed E-state index contributed by atoms with van der Waals surface area (Å²) in [6.07, 6.45) is -0.811. The molecule has 0 radical (unpaired) electrons. The quantitative estimate of drug-likeness (QED) is 0.606. The van der Waals surface area contributed by atoms with Crippen LogP contribution in [0, 0.1) is 15.9 Å². The van der Waals surface area contributed by atoms with Crippen LogP contribution in [0.15, 0.2) is 41.6 Å². The van der Waals surface area contributed by atoms with Crippen LogP contribution in [0.25, 0.3) is 0 Å². The molecule has 0 saturated carbocycles. The van der Waals surface area contributed by atoms with Crippen molar-refractivity contribution in [3.8, 4) is 11.5 Å². The molecule has 0 N–H and O–H groups in total. The number of oxime groups is 1. The van der Waals surface area contributed by atoms with Crippen molar-refractivity contribution in [1.82, 2.24) is 0 Å². The zero-order valence-electron chi connectivity index (χ0n) is 14.5. The fourth-order valence-corrected chi connectivity index (χ4v) is 3.47. The molecular weight excluding hydrogens is 359 g/mol. The zero-order valence-corrected chi connectivity index (χ0v) is 14.5. The summed E-state index contributed by atoms with van der Waals surface area (Å²) in [5.41, 5.74) is 1.66. The molecule has 4 rings (SSSR count). The van der Waals surface area contributed by atoms with Crippen molar-refractivity contribution in [2.24, 2.45) is 5.16 Å². The molecule has 0 fully saturated rings. The molecule has 0 saturated heterocycles. The number of rotatable bonds is 3. The van der Waals surface area contributed by atoms with Crippen LogP contribution < -0.4 is 9.47 Å². The molecule has 27 heavy (non-hydrogen) atoms. The van der Waals surface area contributed by atoms with E-state index in [1.165, 1.54) is 38.5 Å². The van der Waals surface area contributed by atoms with Crippen LogP contribution in [0.1, 0.15) is 16.7 Å². The van der Waals surface area contributed by atoms with E-state index in [0.717, 1.165) is 0 Å². The Balaban J connectivity index is 1.97. The van der Waals surface area contributed by atoms with Crippen LogP contribution in [-0.2, 0) is 21.8 Å². The number of fused-ring (bicyclic) bond motifs is 4. The lowest BCUT2D eigenvalue weighted by atomic mass is 9.86. The third-order valence-electron chi connectivity index (χ3n) is 4.67. The molecule has 0 aliphatic carbocycles. The maximum absolute atomic E-state index is 13.4. The third-order valence-corrected chi connectivity index (χ3v) is 4.67. The fourth-order valence-electron chi connectivity index (χ4n) is 3.47. The highest BCUT2D eigenvalue weighted by molar-refractivity contribution is 5.80. The summed E-state index contributed by atoms with van der Waals surface area (Å²) in [5, 5.41) is 15.0. The van der Waals surface area contributed by atoms with Crippen molar-refractivity contribution in [1.29, 1.82) is 0 Å². The molecule has 2 aliphatic rings. The summed E-state index contributed by atoms with van der Waals surface area (Å²) >= 11 is 0. The second-order valence-electron chi connectivity index (χ2n) is 6.06. The van der Waals surface area contributed by atoms with Gasteiger partial charge in [0.2, 0.25) is 0 Å². The first-order valence-electron chi connectivity index (χ1n) is 8.09. The molecule has 2 atom stereocenters. The van der Waals surface area contributed by atoms with Gasteiger partial charge in [0.1, 0.15) is 5.82 Å². The van der Waals surface area contributed by atoms with E-state index in [9.17, 15) is 14.5 Å². The SMILES string of the molecule is COc1ccc2c(c1OC)C[C@H]1O[C@]2(c2ccc(F)cc2)ON=C1[N+](=O)[O-]. The lowest BCUT2D eigenvalue weighted by Gasteiger charge is -2.40. The Morgan fingerprint density at radius 2 is 1.96 bits per heavy atom. The topological polar surface area (TPSA) is 92.4 Å². The van der Waals surface area contributed by atoms with Crippen LogP contribution in [0.3, 0.4) is 0 Å². The third kappa shape index (κ3) is 2.50. The van der Waals surface area contributed by atoms with Gasteiger partial charge < -0.3 is 24.3 Å². The van der Waals surface area contributed by atoms with E-state index in [-0.39, 0.29) is 6.42 Å². The van der Waals surface area contributed by atoms with Gasteiger partial charge in [0.05, 0.1) is 14.2 Å². The monoisotopic (exact) mass is 374 g/mol. The number of halogens is 1. The average molecular weight is 374 g/mol. The van der Waals surface area contributed by atoms with Gasteiger partial charge in [-0.1, -0.05) is 0 Å². The molecule has 140 valence electrons. The van der Waals surface area contributed by atoms with Gasteiger partial charge in [-0.25, -0.2) is 4.39 Å². The number of benzene rings is 2. The van der Waals surface area contributed by atoms with Crippen molar-refractivity contribution in [2.75, 3.05) is 14.2 Å². The Bertz CT molecular complexity index is 946.